The molecule has 0 amide bonds. The monoisotopic (exact) mass is 315 g/mol. The molecule has 1 aliphatic carbocycles. The van der Waals surface area contributed by atoms with Crippen molar-refractivity contribution in [1.29, 1.82) is 0 Å². The lowest BCUT2D eigenvalue weighted by atomic mass is 10.3. The summed E-state index contributed by atoms with van der Waals surface area (Å²) in [5.41, 5.74) is 7.92. The number of nitrogens with one attached hydrogen (secondary N) is 1. The van der Waals surface area contributed by atoms with Crippen molar-refractivity contribution in [2.45, 2.75) is 31.3 Å². The summed E-state index contributed by atoms with van der Waals surface area (Å²) in [5, 5.41) is 2.22. The first kappa shape index (κ1) is 15.2. The van der Waals surface area contributed by atoms with E-state index in [1.54, 1.807) is 0 Å². The molecule has 1 aromatic heterocycles. The number of aromatic nitrogens is 2. The van der Waals surface area contributed by atoms with E-state index < -0.39 is 0 Å². The van der Waals surface area contributed by atoms with E-state index in [1.807, 2.05) is 6.92 Å². The van der Waals surface area contributed by atoms with Gasteiger partial charge in [-0.3, -0.25) is 4.79 Å². The Morgan fingerprint density at radius 2 is 2.30 bits per heavy atom. The topological polar surface area (TPSA) is 101 Å². The zero-order valence-corrected chi connectivity index (χ0v) is 12.9. The number of halogens is 1. The van der Waals surface area contributed by atoms with Crippen LogP contribution in [0, 0.1) is 0 Å². The number of H-pyrrole nitrogens is 1. The molecule has 5 N–H and O–H groups in total. The van der Waals surface area contributed by atoms with E-state index in [0.717, 1.165) is 30.5 Å². The first-order valence-corrected chi connectivity index (χ1v) is 7.80. The van der Waals surface area contributed by atoms with Crippen LogP contribution in [0.4, 0.5) is 0 Å². The minimum atomic E-state index is -0.0422. The SMILES string of the molecule is CCN(N)/C(CSc1nc2c(c(=O)[nH]1)CCC2)=C(\N)Cl. The maximum Gasteiger partial charge on any atom is 0.254 e. The van der Waals surface area contributed by atoms with Gasteiger partial charge in [-0.05, 0) is 26.2 Å². The third kappa shape index (κ3) is 3.28. The lowest BCUT2D eigenvalue weighted by Crippen LogP contribution is -2.32. The van der Waals surface area contributed by atoms with Crippen molar-refractivity contribution in [1.82, 2.24) is 15.0 Å². The van der Waals surface area contributed by atoms with Crippen molar-refractivity contribution in [3.05, 3.63) is 32.5 Å². The van der Waals surface area contributed by atoms with Crippen molar-refractivity contribution in [3.8, 4) is 0 Å². The molecule has 2 rings (SSSR count). The van der Waals surface area contributed by atoms with E-state index in [0.29, 0.717) is 23.2 Å². The molecule has 20 heavy (non-hydrogen) atoms. The number of hydrogen-bond donors (Lipinski definition) is 3. The summed E-state index contributed by atoms with van der Waals surface area (Å²) in [7, 11) is 0. The molecule has 8 heteroatoms. The van der Waals surface area contributed by atoms with Gasteiger partial charge in [0.05, 0.1) is 11.4 Å². The number of hydrogen-bond acceptors (Lipinski definition) is 6. The first-order chi connectivity index (χ1) is 9.52. The van der Waals surface area contributed by atoms with Crippen molar-refractivity contribution in [2.75, 3.05) is 12.3 Å². The van der Waals surface area contributed by atoms with E-state index in [-0.39, 0.29) is 10.7 Å². The Hall–Kier alpha value is -1.18. The Kier molecular flexibility index (Phi) is 4.95. The smallest absolute Gasteiger partial charge is 0.254 e. The minimum absolute atomic E-state index is 0.0422. The Bertz CT molecular complexity index is 582. The zero-order chi connectivity index (χ0) is 14.7. The van der Waals surface area contributed by atoms with Crippen molar-refractivity contribution in [2.24, 2.45) is 11.6 Å². The summed E-state index contributed by atoms with van der Waals surface area (Å²) >= 11 is 7.21. The van der Waals surface area contributed by atoms with Gasteiger partial charge < -0.3 is 15.7 Å². The van der Waals surface area contributed by atoms with Crippen LogP contribution in [-0.4, -0.2) is 27.3 Å². The Balaban J connectivity index is 2.13. The van der Waals surface area contributed by atoms with Gasteiger partial charge in [-0.25, -0.2) is 10.8 Å². The van der Waals surface area contributed by atoms with Crippen LogP contribution in [0.15, 0.2) is 20.8 Å². The summed E-state index contributed by atoms with van der Waals surface area (Å²) in [5.74, 6) is 6.27. The molecule has 0 fully saturated rings. The molecular formula is C12H18ClN5OS. The fourth-order valence-electron chi connectivity index (χ4n) is 2.10. The predicted molar refractivity (Wildman–Crippen MR) is 81.2 cm³/mol. The second-order valence-electron chi connectivity index (χ2n) is 4.52. The van der Waals surface area contributed by atoms with E-state index in [9.17, 15) is 4.79 Å². The van der Waals surface area contributed by atoms with Gasteiger partial charge >= 0.3 is 0 Å². The van der Waals surface area contributed by atoms with Crippen LogP contribution in [-0.2, 0) is 12.8 Å². The first-order valence-electron chi connectivity index (χ1n) is 6.44. The zero-order valence-electron chi connectivity index (χ0n) is 11.3. The highest BCUT2D eigenvalue weighted by molar-refractivity contribution is 7.99. The number of aromatic amines is 1. The van der Waals surface area contributed by atoms with Gasteiger partial charge in [0, 0.05) is 17.9 Å². The average Bonchev–Trinajstić information content (AvgIpc) is 2.87. The number of nitrogens with two attached hydrogens (primary N) is 2. The maximum absolute atomic E-state index is 11.9. The molecule has 0 radical (unpaired) electrons. The fraction of sp³-hybridized carbons (Fsp3) is 0.500. The molecule has 110 valence electrons. The van der Waals surface area contributed by atoms with Crippen molar-refractivity contribution >= 4 is 23.4 Å². The summed E-state index contributed by atoms with van der Waals surface area (Å²) < 4.78 is 0. The standard InChI is InChI=1S/C12H18ClN5OS/c1-2-18(15)9(10(13)14)6-20-12-16-8-5-3-4-7(8)11(19)17-12/h2-6,14-15H2,1H3,(H,16,17,19)/b10-9-. The molecule has 0 saturated heterocycles. The van der Waals surface area contributed by atoms with E-state index in [4.69, 9.17) is 23.2 Å². The van der Waals surface area contributed by atoms with Gasteiger partial charge in [0.1, 0.15) is 5.16 Å². The number of thioether (sulfide) groups is 1. The molecule has 6 nitrogen and oxygen atoms in total. The molecule has 0 unspecified atom stereocenters. The third-order valence-electron chi connectivity index (χ3n) is 3.23. The summed E-state index contributed by atoms with van der Waals surface area (Å²) in [6, 6.07) is 0. The predicted octanol–water partition coefficient (Wildman–Crippen LogP) is 0.913. The molecule has 0 bridgehead atoms. The fourth-order valence-corrected chi connectivity index (χ4v) is 3.29. The molecule has 0 atom stereocenters. The molecule has 1 aromatic rings. The lowest BCUT2D eigenvalue weighted by Gasteiger charge is -2.20. The van der Waals surface area contributed by atoms with Crippen molar-refractivity contribution in [3.63, 3.8) is 0 Å². The van der Waals surface area contributed by atoms with Crippen LogP contribution < -0.4 is 17.1 Å². The molecular weight excluding hydrogens is 298 g/mol. The van der Waals surface area contributed by atoms with Crippen LogP contribution in [0.1, 0.15) is 24.6 Å². The van der Waals surface area contributed by atoms with Gasteiger partial charge in [0.2, 0.25) is 0 Å². The summed E-state index contributed by atoms with van der Waals surface area (Å²) in [6.45, 7) is 2.50. The third-order valence-corrected chi connectivity index (χ3v) is 4.33. The summed E-state index contributed by atoms with van der Waals surface area (Å²) in [6.07, 6.45) is 2.67. The molecule has 0 saturated carbocycles. The van der Waals surface area contributed by atoms with Gasteiger partial charge in [0.25, 0.3) is 5.56 Å². The summed E-state index contributed by atoms with van der Waals surface area (Å²) in [4.78, 5) is 19.2. The molecule has 0 aliphatic heterocycles. The second kappa shape index (κ2) is 6.51. The average molecular weight is 316 g/mol. The van der Waals surface area contributed by atoms with Gasteiger partial charge in [-0.2, -0.15) is 0 Å². The molecule has 1 heterocycles. The maximum atomic E-state index is 11.9. The van der Waals surface area contributed by atoms with Gasteiger partial charge in [-0.15, -0.1) is 0 Å². The normalized spacial score (nSPS) is 14.9. The molecule has 0 spiro atoms. The van der Waals surface area contributed by atoms with Gasteiger partial charge in [-0.1, -0.05) is 23.4 Å². The lowest BCUT2D eigenvalue weighted by molar-refractivity contribution is 0.380. The van der Waals surface area contributed by atoms with Crippen LogP contribution in [0.5, 0.6) is 0 Å². The Labute approximate surface area is 126 Å². The van der Waals surface area contributed by atoms with Crippen LogP contribution in [0.25, 0.3) is 0 Å². The Morgan fingerprint density at radius 3 is 2.95 bits per heavy atom. The number of aryl methyl sites for hydroxylation is 1. The van der Waals surface area contributed by atoms with Gasteiger partial charge in [0.15, 0.2) is 5.16 Å². The number of fused-ring (bicyclic) bond motifs is 1. The minimum Gasteiger partial charge on any atom is -0.388 e. The van der Waals surface area contributed by atoms with E-state index in [1.165, 1.54) is 16.8 Å². The molecule has 0 aromatic carbocycles. The Morgan fingerprint density at radius 1 is 1.55 bits per heavy atom. The van der Waals surface area contributed by atoms with Crippen LogP contribution >= 0.6 is 23.4 Å². The largest absolute Gasteiger partial charge is 0.388 e. The quantitative estimate of drug-likeness (QED) is 0.245. The van der Waals surface area contributed by atoms with E-state index >= 15 is 0 Å². The highest BCUT2D eigenvalue weighted by Crippen LogP contribution is 2.22. The second-order valence-corrected chi connectivity index (χ2v) is 5.89. The highest BCUT2D eigenvalue weighted by atomic mass is 35.5. The van der Waals surface area contributed by atoms with E-state index in [2.05, 4.69) is 9.97 Å². The number of hydrazine groups is 1. The highest BCUT2D eigenvalue weighted by Gasteiger charge is 2.18. The molecule has 1 aliphatic rings. The number of nitrogens with zero attached hydrogens (tertiary/aromatic N) is 2. The van der Waals surface area contributed by atoms with Crippen LogP contribution in [0.2, 0.25) is 0 Å². The van der Waals surface area contributed by atoms with Crippen molar-refractivity contribution < 1.29 is 0 Å². The van der Waals surface area contributed by atoms with Crippen LogP contribution in [0.3, 0.4) is 0 Å². The number of rotatable bonds is 5.